The van der Waals surface area contributed by atoms with Crippen LogP contribution < -0.4 is 15.4 Å². The van der Waals surface area contributed by atoms with Crippen LogP contribution in [0.5, 0.6) is 5.75 Å². The summed E-state index contributed by atoms with van der Waals surface area (Å²) in [5.41, 5.74) is 2.48. The summed E-state index contributed by atoms with van der Waals surface area (Å²) in [5, 5.41) is 13.6. The molecule has 0 saturated carbocycles. The van der Waals surface area contributed by atoms with Gasteiger partial charge in [0, 0.05) is 11.3 Å². The van der Waals surface area contributed by atoms with Crippen LogP contribution in [0.15, 0.2) is 60.9 Å². The van der Waals surface area contributed by atoms with Crippen molar-refractivity contribution in [2.45, 2.75) is 19.1 Å². The number of benzene rings is 2. The smallest absolute Gasteiger partial charge is 0.319 e. The van der Waals surface area contributed by atoms with Crippen molar-refractivity contribution in [3.8, 4) is 11.4 Å². The number of hydrogen-bond acceptors (Lipinski definition) is 4. The summed E-state index contributed by atoms with van der Waals surface area (Å²) in [6.07, 6.45) is 3.23. The number of ether oxygens (including phenoxy) is 1. The van der Waals surface area contributed by atoms with Crippen molar-refractivity contribution in [2.24, 2.45) is 0 Å². The Bertz CT molecular complexity index is 894. The minimum absolute atomic E-state index is 0.121. The number of para-hydroxylation sites is 1. The maximum absolute atomic E-state index is 12.4. The fraction of sp³-hybridized carbons (Fsp3) is 0.167. The molecule has 3 aromatic rings. The van der Waals surface area contributed by atoms with Gasteiger partial charge in [0.2, 0.25) is 0 Å². The second kappa shape index (κ2) is 6.27. The number of carbonyl (C=O) groups excluding carboxylic acids is 1. The molecule has 7 nitrogen and oxygen atoms in total. The molecule has 0 fully saturated rings. The van der Waals surface area contributed by atoms with Crippen molar-refractivity contribution in [1.29, 1.82) is 0 Å². The minimum atomic E-state index is -0.284. The zero-order valence-corrected chi connectivity index (χ0v) is 13.6. The SMILES string of the molecule is CC1Oc2ccccc2C1NC(=O)Nc1cccc(-n2ccnn2)c1. The van der Waals surface area contributed by atoms with E-state index in [0.717, 1.165) is 17.0 Å². The van der Waals surface area contributed by atoms with Crippen LogP contribution in [0.25, 0.3) is 5.69 Å². The molecule has 2 unspecified atom stereocenters. The van der Waals surface area contributed by atoms with Gasteiger partial charge in [-0.3, -0.25) is 0 Å². The molecule has 25 heavy (non-hydrogen) atoms. The van der Waals surface area contributed by atoms with Crippen molar-refractivity contribution in [3.05, 3.63) is 66.5 Å². The third-order valence-electron chi connectivity index (χ3n) is 4.11. The standard InChI is InChI=1S/C18H17N5O2/c1-12-17(15-7-2-3-8-16(15)25-12)21-18(24)20-13-5-4-6-14(11-13)23-10-9-19-22-23/h2-12,17H,1H3,(H2,20,21,24). The first-order valence-corrected chi connectivity index (χ1v) is 8.00. The van der Waals surface area contributed by atoms with E-state index in [1.54, 1.807) is 17.1 Å². The normalized spacial score (nSPS) is 18.3. The number of nitrogens with one attached hydrogen (secondary N) is 2. The minimum Gasteiger partial charge on any atom is -0.488 e. The highest BCUT2D eigenvalue weighted by Gasteiger charge is 2.32. The molecule has 0 saturated heterocycles. The summed E-state index contributed by atoms with van der Waals surface area (Å²) in [5.74, 6) is 0.813. The Morgan fingerprint density at radius 3 is 2.92 bits per heavy atom. The van der Waals surface area contributed by atoms with Gasteiger partial charge in [-0.15, -0.1) is 5.10 Å². The summed E-state index contributed by atoms with van der Waals surface area (Å²) in [4.78, 5) is 12.4. The quantitative estimate of drug-likeness (QED) is 0.771. The molecule has 1 aliphatic heterocycles. The number of nitrogens with zero attached hydrogens (tertiary/aromatic N) is 3. The Morgan fingerprint density at radius 2 is 2.08 bits per heavy atom. The lowest BCUT2D eigenvalue weighted by Gasteiger charge is -2.17. The Balaban J connectivity index is 1.47. The monoisotopic (exact) mass is 335 g/mol. The lowest BCUT2D eigenvalue weighted by molar-refractivity contribution is 0.204. The van der Waals surface area contributed by atoms with Gasteiger partial charge >= 0.3 is 6.03 Å². The molecule has 0 spiro atoms. The molecule has 0 radical (unpaired) electrons. The molecule has 126 valence electrons. The van der Waals surface area contributed by atoms with E-state index in [0.29, 0.717) is 5.69 Å². The highest BCUT2D eigenvalue weighted by molar-refractivity contribution is 5.90. The molecule has 2 amide bonds. The Labute approximate surface area is 144 Å². The Morgan fingerprint density at radius 1 is 1.20 bits per heavy atom. The molecular formula is C18H17N5O2. The largest absolute Gasteiger partial charge is 0.488 e. The van der Waals surface area contributed by atoms with Gasteiger partial charge in [0.25, 0.3) is 0 Å². The van der Waals surface area contributed by atoms with Gasteiger partial charge in [0.15, 0.2) is 0 Å². The predicted molar refractivity (Wildman–Crippen MR) is 92.8 cm³/mol. The average Bonchev–Trinajstić information content (AvgIpc) is 3.24. The Kier molecular flexibility index (Phi) is 3.81. The topological polar surface area (TPSA) is 81.1 Å². The number of fused-ring (bicyclic) bond motifs is 1. The van der Waals surface area contributed by atoms with E-state index >= 15 is 0 Å². The zero-order chi connectivity index (χ0) is 17.2. The van der Waals surface area contributed by atoms with Crippen LogP contribution in [0.3, 0.4) is 0 Å². The van der Waals surface area contributed by atoms with Crippen LogP contribution in [0.2, 0.25) is 0 Å². The van der Waals surface area contributed by atoms with Crippen LogP contribution in [-0.2, 0) is 0 Å². The molecule has 0 aliphatic carbocycles. The molecule has 4 rings (SSSR count). The number of hydrogen-bond donors (Lipinski definition) is 2. The summed E-state index contributed by atoms with van der Waals surface area (Å²) < 4.78 is 7.41. The number of anilines is 1. The summed E-state index contributed by atoms with van der Waals surface area (Å²) in [7, 11) is 0. The van der Waals surface area contributed by atoms with Crippen molar-refractivity contribution >= 4 is 11.7 Å². The van der Waals surface area contributed by atoms with Crippen molar-refractivity contribution in [3.63, 3.8) is 0 Å². The predicted octanol–water partition coefficient (Wildman–Crippen LogP) is 2.91. The maximum Gasteiger partial charge on any atom is 0.319 e. The highest BCUT2D eigenvalue weighted by Crippen LogP contribution is 2.36. The van der Waals surface area contributed by atoms with Crippen LogP contribution in [0, 0.1) is 0 Å². The molecule has 7 heteroatoms. The molecule has 0 bridgehead atoms. The number of rotatable bonds is 3. The molecule has 2 heterocycles. The highest BCUT2D eigenvalue weighted by atomic mass is 16.5. The van der Waals surface area contributed by atoms with Gasteiger partial charge in [-0.25, -0.2) is 9.48 Å². The van der Waals surface area contributed by atoms with Crippen molar-refractivity contribution < 1.29 is 9.53 Å². The third kappa shape index (κ3) is 3.03. The van der Waals surface area contributed by atoms with Crippen LogP contribution in [0.4, 0.5) is 10.5 Å². The molecule has 1 aliphatic rings. The van der Waals surface area contributed by atoms with Gasteiger partial charge in [0.05, 0.1) is 24.1 Å². The fourth-order valence-corrected chi connectivity index (χ4v) is 2.94. The van der Waals surface area contributed by atoms with Crippen molar-refractivity contribution in [2.75, 3.05) is 5.32 Å². The lowest BCUT2D eigenvalue weighted by atomic mass is 10.1. The third-order valence-corrected chi connectivity index (χ3v) is 4.11. The average molecular weight is 335 g/mol. The second-order valence-electron chi connectivity index (χ2n) is 5.83. The van der Waals surface area contributed by atoms with E-state index in [-0.39, 0.29) is 18.2 Å². The van der Waals surface area contributed by atoms with Crippen LogP contribution in [0.1, 0.15) is 18.5 Å². The second-order valence-corrected chi connectivity index (χ2v) is 5.83. The number of carbonyl (C=O) groups is 1. The van der Waals surface area contributed by atoms with Crippen LogP contribution in [-0.4, -0.2) is 27.1 Å². The molecular weight excluding hydrogens is 318 g/mol. The molecule has 2 aromatic carbocycles. The number of urea groups is 1. The maximum atomic E-state index is 12.4. The van der Waals surface area contributed by atoms with E-state index < -0.39 is 0 Å². The van der Waals surface area contributed by atoms with Gasteiger partial charge in [-0.05, 0) is 31.2 Å². The molecule has 1 aromatic heterocycles. The number of amides is 2. The van der Waals surface area contributed by atoms with Gasteiger partial charge in [-0.2, -0.15) is 0 Å². The first-order chi connectivity index (χ1) is 12.2. The van der Waals surface area contributed by atoms with E-state index in [1.165, 1.54) is 0 Å². The molecule has 2 N–H and O–H groups in total. The van der Waals surface area contributed by atoms with Crippen LogP contribution >= 0.6 is 0 Å². The van der Waals surface area contributed by atoms with E-state index in [1.807, 2.05) is 55.5 Å². The lowest BCUT2D eigenvalue weighted by Crippen LogP contribution is -2.36. The summed E-state index contributed by atoms with van der Waals surface area (Å²) in [6.45, 7) is 1.94. The number of aromatic nitrogens is 3. The summed E-state index contributed by atoms with van der Waals surface area (Å²) >= 11 is 0. The summed E-state index contributed by atoms with van der Waals surface area (Å²) in [6, 6.07) is 14.7. The van der Waals surface area contributed by atoms with E-state index in [4.69, 9.17) is 4.74 Å². The van der Waals surface area contributed by atoms with Gasteiger partial charge in [0.1, 0.15) is 11.9 Å². The Hall–Kier alpha value is -3.35. The van der Waals surface area contributed by atoms with E-state index in [9.17, 15) is 4.79 Å². The zero-order valence-electron chi connectivity index (χ0n) is 13.6. The fourth-order valence-electron chi connectivity index (χ4n) is 2.94. The van der Waals surface area contributed by atoms with Gasteiger partial charge < -0.3 is 15.4 Å². The first kappa shape index (κ1) is 15.2. The van der Waals surface area contributed by atoms with Crippen molar-refractivity contribution in [1.82, 2.24) is 20.3 Å². The van der Waals surface area contributed by atoms with Gasteiger partial charge in [-0.1, -0.05) is 29.5 Å². The van der Waals surface area contributed by atoms with E-state index in [2.05, 4.69) is 20.9 Å². The first-order valence-electron chi connectivity index (χ1n) is 8.00. The molecule has 2 atom stereocenters.